The third-order valence-electron chi connectivity index (χ3n) is 5.38. The molecule has 1 aliphatic rings. The standard InChI is InChI=1S/C20H22ClFN4O.ClH/c1-13-9-15(21)11-17(27)18(13)16-10-14-3-6-26(19(14)24-23-16)12-20(22)4-7-25(2)8-5-20;/h3,6,9-11,27H,4-5,7-8,12H2,1-2H3;1H. The second kappa shape index (κ2) is 7.85. The molecular weight excluding hydrogens is 402 g/mol. The number of fused-ring (bicyclic) bond motifs is 1. The van der Waals surface area contributed by atoms with Crippen LogP contribution in [-0.4, -0.2) is 50.6 Å². The summed E-state index contributed by atoms with van der Waals surface area (Å²) in [7, 11) is 2.02. The minimum Gasteiger partial charge on any atom is -0.507 e. The fourth-order valence-corrected chi connectivity index (χ4v) is 4.04. The Labute approximate surface area is 174 Å². The maximum Gasteiger partial charge on any atom is 0.162 e. The molecule has 8 heteroatoms. The highest BCUT2D eigenvalue weighted by Gasteiger charge is 2.34. The zero-order valence-corrected chi connectivity index (χ0v) is 17.4. The van der Waals surface area contributed by atoms with Crippen molar-refractivity contribution in [1.82, 2.24) is 19.7 Å². The first kappa shape index (κ1) is 20.8. The Kier molecular flexibility index (Phi) is 5.84. The fraction of sp³-hybridized carbons (Fsp3) is 0.400. The molecule has 4 rings (SSSR count). The molecule has 1 aromatic carbocycles. The molecule has 2 aromatic heterocycles. The number of aromatic hydroxyl groups is 1. The van der Waals surface area contributed by atoms with Crippen molar-refractivity contribution < 1.29 is 9.50 Å². The summed E-state index contributed by atoms with van der Waals surface area (Å²) in [4.78, 5) is 2.15. The monoisotopic (exact) mass is 424 g/mol. The van der Waals surface area contributed by atoms with Gasteiger partial charge in [0.2, 0.25) is 0 Å². The number of phenols is 1. The zero-order valence-electron chi connectivity index (χ0n) is 15.8. The van der Waals surface area contributed by atoms with E-state index in [-0.39, 0.29) is 24.7 Å². The van der Waals surface area contributed by atoms with E-state index in [0.29, 0.717) is 34.8 Å². The number of hydrogen-bond donors (Lipinski definition) is 1. The van der Waals surface area contributed by atoms with Gasteiger partial charge in [-0.3, -0.25) is 0 Å². The zero-order chi connectivity index (χ0) is 19.2. The molecule has 1 aliphatic heterocycles. The van der Waals surface area contributed by atoms with Crippen LogP contribution in [0.1, 0.15) is 18.4 Å². The summed E-state index contributed by atoms with van der Waals surface area (Å²) in [5.74, 6) is 0.0714. The van der Waals surface area contributed by atoms with Crippen molar-refractivity contribution in [1.29, 1.82) is 0 Å². The Morgan fingerprint density at radius 1 is 1.21 bits per heavy atom. The lowest BCUT2D eigenvalue weighted by Gasteiger charge is -2.34. The summed E-state index contributed by atoms with van der Waals surface area (Å²) in [6, 6.07) is 7.05. The Morgan fingerprint density at radius 3 is 2.61 bits per heavy atom. The van der Waals surface area contributed by atoms with Gasteiger partial charge in [0.15, 0.2) is 5.65 Å². The third-order valence-corrected chi connectivity index (χ3v) is 5.60. The number of likely N-dealkylation sites (tertiary alicyclic amines) is 1. The van der Waals surface area contributed by atoms with Gasteiger partial charge in [-0.15, -0.1) is 22.6 Å². The van der Waals surface area contributed by atoms with Gasteiger partial charge in [-0.05, 0) is 56.6 Å². The topological polar surface area (TPSA) is 54.2 Å². The molecule has 0 radical (unpaired) electrons. The van der Waals surface area contributed by atoms with E-state index in [2.05, 4.69) is 15.1 Å². The van der Waals surface area contributed by atoms with Gasteiger partial charge in [-0.1, -0.05) is 11.6 Å². The average Bonchev–Trinajstić information content (AvgIpc) is 2.99. The van der Waals surface area contributed by atoms with Crippen molar-refractivity contribution in [3.05, 3.63) is 41.0 Å². The van der Waals surface area contributed by atoms with Gasteiger partial charge in [0.1, 0.15) is 11.4 Å². The molecule has 5 nitrogen and oxygen atoms in total. The Balaban J connectivity index is 0.00000225. The van der Waals surface area contributed by atoms with Gasteiger partial charge in [0, 0.05) is 35.3 Å². The first-order valence-corrected chi connectivity index (χ1v) is 9.42. The molecule has 28 heavy (non-hydrogen) atoms. The number of aryl methyl sites for hydroxylation is 1. The first-order chi connectivity index (χ1) is 12.8. The van der Waals surface area contributed by atoms with Gasteiger partial charge in [-0.25, -0.2) is 4.39 Å². The highest BCUT2D eigenvalue weighted by atomic mass is 35.5. The first-order valence-electron chi connectivity index (χ1n) is 9.04. The minimum absolute atomic E-state index is 0. The van der Waals surface area contributed by atoms with Gasteiger partial charge in [0.05, 0.1) is 12.2 Å². The van der Waals surface area contributed by atoms with Crippen LogP contribution >= 0.6 is 24.0 Å². The van der Waals surface area contributed by atoms with Crippen molar-refractivity contribution in [2.24, 2.45) is 0 Å². The Bertz CT molecular complexity index is 976. The van der Waals surface area contributed by atoms with Crippen LogP contribution < -0.4 is 0 Å². The summed E-state index contributed by atoms with van der Waals surface area (Å²) in [5, 5.41) is 20.2. The number of phenolic OH excluding ortho intramolecular Hbond substituents is 1. The number of aromatic nitrogens is 3. The van der Waals surface area contributed by atoms with Crippen molar-refractivity contribution >= 4 is 35.0 Å². The maximum absolute atomic E-state index is 15.2. The van der Waals surface area contributed by atoms with Crippen LogP contribution in [0.3, 0.4) is 0 Å². The SMILES string of the molecule is Cc1cc(Cl)cc(O)c1-c1cc2ccn(CC3(F)CCN(C)CC3)c2nn1.Cl. The predicted molar refractivity (Wildman–Crippen MR) is 112 cm³/mol. The number of alkyl halides is 1. The smallest absolute Gasteiger partial charge is 0.162 e. The minimum atomic E-state index is -1.22. The highest BCUT2D eigenvalue weighted by molar-refractivity contribution is 6.31. The maximum atomic E-state index is 15.2. The predicted octanol–water partition coefficient (Wildman–Crippen LogP) is 4.62. The van der Waals surface area contributed by atoms with E-state index < -0.39 is 5.67 Å². The Hall–Kier alpha value is -1.89. The molecule has 3 heterocycles. The molecule has 0 amide bonds. The van der Waals surface area contributed by atoms with E-state index in [9.17, 15) is 5.11 Å². The number of hydrogen-bond acceptors (Lipinski definition) is 4. The van der Waals surface area contributed by atoms with Crippen molar-refractivity contribution in [3.8, 4) is 17.0 Å². The normalized spacial score (nSPS) is 16.9. The van der Waals surface area contributed by atoms with Crippen LogP contribution in [-0.2, 0) is 6.54 Å². The molecule has 1 N–H and O–H groups in total. The molecule has 1 saturated heterocycles. The van der Waals surface area contributed by atoms with E-state index in [0.717, 1.165) is 24.0 Å². The van der Waals surface area contributed by atoms with E-state index in [1.165, 1.54) is 6.07 Å². The van der Waals surface area contributed by atoms with Crippen LogP contribution in [0, 0.1) is 6.92 Å². The van der Waals surface area contributed by atoms with Crippen molar-refractivity contribution in [2.45, 2.75) is 32.0 Å². The van der Waals surface area contributed by atoms with E-state index >= 15 is 4.39 Å². The number of nitrogens with zero attached hydrogens (tertiary/aromatic N) is 4. The summed E-state index contributed by atoms with van der Waals surface area (Å²) in [6.45, 7) is 3.68. The molecular formula is C20H23Cl2FN4O. The molecule has 3 aromatic rings. The Morgan fingerprint density at radius 2 is 1.93 bits per heavy atom. The summed E-state index contributed by atoms with van der Waals surface area (Å²) >= 11 is 5.98. The van der Waals surface area contributed by atoms with Gasteiger partial charge in [0.25, 0.3) is 0 Å². The highest BCUT2D eigenvalue weighted by Crippen LogP contribution is 2.35. The summed E-state index contributed by atoms with van der Waals surface area (Å²) < 4.78 is 17.0. The lowest BCUT2D eigenvalue weighted by Crippen LogP contribution is -2.42. The van der Waals surface area contributed by atoms with Crippen LogP contribution in [0.15, 0.2) is 30.5 Å². The van der Waals surface area contributed by atoms with Crippen LogP contribution in [0.4, 0.5) is 4.39 Å². The number of benzene rings is 1. The van der Waals surface area contributed by atoms with E-state index in [1.807, 2.05) is 36.9 Å². The van der Waals surface area contributed by atoms with E-state index in [4.69, 9.17) is 11.6 Å². The average molecular weight is 425 g/mol. The summed E-state index contributed by atoms with van der Waals surface area (Å²) in [6.07, 6.45) is 2.90. The lowest BCUT2D eigenvalue weighted by atomic mass is 9.93. The second-order valence-electron chi connectivity index (χ2n) is 7.52. The third kappa shape index (κ3) is 3.95. The van der Waals surface area contributed by atoms with Crippen molar-refractivity contribution in [3.63, 3.8) is 0 Å². The van der Waals surface area contributed by atoms with Crippen LogP contribution in [0.5, 0.6) is 5.75 Å². The van der Waals surface area contributed by atoms with Crippen LogP contribution in [0.2, 0.25) is 5.02 Å². The molecule has 0 unspecified atom stereocenters. The molecule has 0 atom stereocenters. The molecule has 150 valence electrons. The van der Waals surface area contributed by atoms with Crippen LogP contribution in [0.25, 0.3) is 22.3 Å². The van der Waals surface area contributed by atoms with E-state index in [1.54, 1.807) is 6.07 Å². The quantitative estimate of drug-likeness (QED) is 0.666. The fourth-order valence-electron chi connectivity index (χ4n) is 3.78. The van der Waals surface area contributed by atoms with Gasteiger partial charge >= 0.3 is 0 Å². The molecule has 1 fully saturated rings. The number of piperidine rings is 1. The van der Waals surface area contributed by atoms with Gasteiger partial charge < -0.3 is 14.6 Å². The molecule has 0 spiro atoms. The molecule has 0 saturated carbocycles. The lowest BCUT2D eigenvalue weighted by molar-refractivity contribution is 0.0541. The molecule has 0 aliphatic carbocycles. The second-order valence-corrected chi connectivity index (χ2v) is 7.96. The largest absolute Gasteiger partial charge is 0.507 e. The number of rotatable bonds is 3. The molecule has 0 bridgehead atoms. The summed E-state index contributed by atoms with van der Waals surface area (Å²) in [5.41, 5.74) is 1.44. The van der Waals surface area contributed by atoms with Gasteiger partial charge in [-0.2, -0.15) is 0 Å². The number of halogens is 3. The van der Waals surface area contributed by atoms with Crippen molar-refractivity contribution in [2.75, 3.05) is 20.1 Å².